The highest BCUT2D eigenvalue weighted by molar-refractivity contribution is 8.03. The van der Waals surface area contributed by atoms with Gasteiger partial charge in [-0.05, 0) is 48.4 Å². The number of aromatic carboxylic acids is 1. The van der Waals surface area contributed by atoms with E-state index in [1.165, 1.54) is 113 Å². The van der Waals surface area contributed by atoms with E-state index in [9.17, 15) is 19.8 Å². The molecule has 2 unspecified atom stereocenters. The first-order chi connectivity index (χ1) is 28.3. The summed E-state index contributed by atoms with van der Waals surface area (Å²) in [6, 6.07) is 12.9. The normalized spacial score (nSPS) is 19.7. The zero-order valence-electron chi connectivity index (χ0n) is 34.1. The number of ether oxygens (including phenoxy) is 1. The van der Waals surface area contributed by atoms with E-state index >= 15 is 0 Å². The van der Waals surface area contributed by atoms with Gasteiger partial charge >= 0.3 is 11.9 Å². The fourth-order valence-electron chi connectivity index (χ4n) is 8.46. The van der Waals surface area contributed by atoms with Crippen LogP contribution in [0, 0.1) is 0 Å². The van der Waals surface area contributed by atoms with E-state index in [2.05, 4.69) is 42.2 Å². The van der Waals surface area contributed by atoms with Gasteiger partial charge in [-0.25, -0.2) is 4.79 Å². The number of carboxylic acid groups (broad SMARTS) is 2. The van der Waals surface area contributed by atoms with Crippen LogP contribution in [0.4, 0.5) is 5.69 Å². The molecule has 4 aliphatic rings. The van der Waals surface area contributed by atoms with Crippen LogP contribution in [-0.2, 0) is 16.0 Å². The van der Waals surface area contributed by atoms with Gasteiger partial charge in [-0.1, -0.05) is 164 Å². The summed E-state index contributed by atoms with van der Waals surface area (Å²) in [5, 5.41) is 21.3. The summed E-state index contributed by atoms with van der Waals surface area (Å²) in [7, 11) is 0. The molecule has 6 rings (SSSR count). The van der Waals surface area contributed by atoms with Crippen LogP contribution in [0.15, 0.2) is 123 Å². The lowest BCUT2D eigenvalue weighted by Crippen LogP contribution is -2.32. The first-order valence-corrected chi connectivity index (χ1v) is 22.4. The SMILES string of the molecule is CCCCCCCCCCCCCCCCCCN1/C(=C\C=C2/C(N)=CC=C3C(c4c(CC(=O)O)cccc4C(=O)O)=C4C=CC(N)C=C4OC32)Sc2ccccc21. The number of benzene rings is 2. The van der Waals surface area contributed by atoms with E-state index in [-0.39, 0.29) is 12.0 Å². The number of carbonyl (C=O) groups is 2. The third-order valence-electron chi connectivity index (χ3n) is 11.5. The molecule has 2 aromatic carbocycles. The fourth-order valence-corrected chi connectivity index (χ4v) is 9.55. The molecule has 0 radical (unpaired) electrons. The maximum atomic E-state index is 12.7. The Hall–Kier alpha value is -4.73. The molecule has 0 spiro atoms. The molecule has 0 saturated heterocycles. The van der Waals surface area contributed by atoms with Gasteiger partial charge in [-0.3, -0.25) is 4.79 Å². The Kier molecular flexibility index (Phi) is 15.8. The highest BCUT2D eigenvalue weighted by Crippen LogP contribution is 2.49. The van der Waals surface area contributed by atoms with Gasteiger partial charge in [0.2, 0.25) is 0 Å². The molecule has 0 fully saturated rings. The number of nitrogens with zero attached hydrogens (tertiary/aromatic N) is 1. The lowest BCUT2D eigenvalue weighted by molar-refractivity contribution is -0.136. The number of fused-ring (bicyclic) bond motifs is 3. The number of allylic oxidation sites excluding steroid dienone is 5. The number of thioether (sulfide) groups is 1. The Morgan fingerprint density at radius 3 is 2.14 bits per heavy atom. The number of carboxylic acids is 2. The van der Waals surface area contributed by atoms with Crippen LogP contribution < -0.4 is 16.4 Å². The van der Waals surface area contributed by atoms with E-state index in [0.717, 1.165) is 23.6 Å². The number of anilines is 1. The van der Waals surface area contributed by atoms with Crippen molar-refractivity contribution < 1.29 is 24.5 Å². The summed E-state index contributed by atoms with van der Waals surface area (Å²) < 4.78 is 6.69. The summed E-state index contributed by atoms with van der Waals surface area (Å²) in [6.07, 6.45) is 33.7. The van der Waals surface area contributed by atoms with Crippen molar-refractivity contribution in [1.82, 2.24) is 0 Å². The second-order valence-electron chi connectivity index (χ2n) is 15.9. The molecule has 2 aliphatic heterocycles. The number of para-hydroxylation sites is 1. The second kappa shape index (κ2) is 21.3. The Morgan fingerprint density at radius 2 is 1.48 bits per heavy atom. The highest BCUT2D eigenvalue weighted by atomic mass is 32.2. The van der Waals surface area contributed by atoms with Crippen LogP contribution in [0.1, 0.15) is 131 Å². The molecule has 2 aromatic rings. The van der Waals surface area contributed by atoms with Gasteiger partial charge < -0.3 is 31.3 Å². The van der Waals surface area contributed by atoms with Gasteiger partial charge in [-0.2, -0.15) is 0 Å². The van der Waals surface area contributed by atoms with Crippen LogP contribution in [0.5, 0.6) is 0 Å². The summed E-state index contributed by atoms with van der Waals surface area (Å²) in [5.74, 6) is -1.69. The van der Waals surface area contributed by atoms with Crippen molar-refractivity contribution in [2.24, 2.45) is 11.5 Å². The van der Waals surface area contributed by atoms with E-state index < -0.39 is 24.1 Å². The lowest BCUT2D eigenvalue weighted by atomic mass is 9.77. The Bertz CT molecular complexity index is 2020. The van der Waals surface area contributed by atoms with Crippen molar-refractivity contribution >= 4 is 35.0 Å². The first kappa shape index (κ1) is 42.9. The number of hydrogen-bond acceptors (Lipinski definition) is 7. The maximum absolute atomic E-state index is 12.7. The molecule has 9 heteroatoms. The summed E-state index contributed by atoms with van der Waals surface area (Å²) >= 11 is 1.74. The van der Waals surface area contributed by atoms with Crippen LogP contribution >= 0.6 is 11.8 Å². The van der Waals surface area contributed by atoms with Crippen LogP contribution in [0.2, 0.25) is 0 Å². The van der Waals surface area contributed by atoms with Gasteiger partial charge in [0.1, 0.15) is 5.76 Å². The summed E-state index contributed by atoms with van der Waals surface area (Å²) in [6.45, 7) is 3.19. The molecule has 0 saturated carbocycles. The van der Waals surface area contributed by atoms with Crippen LogP contribution in [0.3, 0.4) is 0 Å². The molecule has 0 amide bonds. The van der Waals surface area contributed by atoms with Crippen molar-refractivity contribution in [3.63, 3.8) is 0 Å². The summed E-state index contributed by atoms with van der Waals surface area (Å²) in [4.78, 5) is 28.3. The van der Waals surface area contributed by atoms with Gasteiger partial charge in [0.15, 0.2) is 6.10 Å². The van der Waals surface area contributed by atoms with E-state index in [1.807, 2.05) is 30.4 Å². The molecule has 0 bridgehead atoms. The minimum Gasteiger partial charge on any atom is -0.481 e. The van der Waals surface area contributed by atoms with E-state index in [0.29, 0.717) is 39.3 Å². The van der Waals surface area contributed by atoms with Gasteiger partial charge in [0.05, 0.1) is 22.7 Å². The molecule has 2 heterocycles. The number of unbranched alkanes of at least 4 members (excludes halogenated alkanes) is 15. The number of hydrogen-bond donors (Lipinski definition) is 4. The average Bonchev–Trinajstić information content (AvgIpc) is 3.56. The third-order valence-corrected chi connectivity index (χ3v) is 12.6. The minimum absolute atomic E-state index is 0.0189. The minimum atomic E-state index is -1.14. The molecule has 2 aliphatic carbocycles. The van der Waals surface area contributed by atoms with E-state index in [1.54, 1.807) is 30.0 Å². The monoisotopic (exact) mass is 803 g/mol. The lowest BCUT2D eigenvalue weighted by Gasteiger charge is -2.37. The van der Waals surface area contributed by atoms with Crippen molar-refractivity contribution in [2.45, 2.75) is 133 Å². The molecule has 308 valence electrons. The van der Waals surface area contributed by atoms with Crippen molar-refractivity contribution in [1.29, 1.82) is 0 Å². The fraction of sp³-hybridized carbons (Fsp3) is 0.429. The molecule has 8 nitrogen and oxygen atoms in total. The topological polar surface area (TPSA) is 139 Å². The van der Waals surface area contributed by atoms with Gasteiger partial charge in [0, 0.05) is 51.0 Å². The van der Waals surface area contributed by atoms with Crippen molar-refractivity contribution in [3.05, 3.63) is 135 Å². The zero-order chi connectivity index (χ0) is 40.9. The average molecular weight is 804 g/mol. The third kappa shape index (κ3) is 10.9. The predicted molar refractivity (Wildman–Crippen MR) is 237 cm³/mol. The van der Waals surface area contributed by atoms with Crippen molar-refractivity contribution in [2.75, 3.05) is 11.4 Å². The van der Waals surface area contributed by atoms with E-state index in [4.69, 9.17) is 16.2 Å². The molecular weight excluding hydrogens is 743 g/mol. The molecule has 58 heavy (non-hydrogen) atoms. The highest BCUT2D eigenvalue weighted by Gasteiger charge is 2.38. The first-order valence-electron chi connectivity index (χ1n) is 21.6. The number of rotatable bonds is 22. The quantitative estimate of drug-likeness (QED) is 0.0857. The predicted octanol–water partition coefficient (Wildman–Crippen LogP) is 11.4. The molecule has 2 atom stereocenters. The Labute approximate surface area is 349 Å². The Morgan fingerprint density at radius 1 is 0.828 bits per heavy atom. The standard InChI is InChI=1S/C49H61N3O5S/c1-2-3-4-5-6-7-8-9-10-11-12-13-14-15-16-19-31-52-41-23-17-18-24-43(41)58-44(52)30-28-36-40(51)29-27-38-47(37-26-25-35(50)33-42(37)57-48(36)38)46-34(32-45(53)54)21-20-22-39(46)49(55)56/h17-18,20-30,33,35,48H,2-16,19,31-32,50-51H2,1H3,(H,53,54)(H,55,56)/b36-28+,44-30+. The number of nitrogens with two attached hydrogens (primary N) is 2. The second-order valence-corrected chi connectivity index (χ2v) is 16.9. The smallest absolute Gasteiger partial charge is 0.336 e. The van der Waals surface area contributed by atoms with Gasteiger partial charge in [0.25, 0.3) is 0 Å². The summed E-state index contributed by atoms with van der Waals surface area (Å²) in [5.41, 5.74) is 18.3. The van der Waals surface area contributed by atoms with Crippen LogP contribution in [-0.4, -0.2) is 40.8 Å². The zero-order valence-corrected chi connectivity index (χ0v) is 34.9. The van der Waals surface area contributed by atoms with Crippen molar-refractivity contribution in [3.8, 4) is 0 Å². The largest absolute Gasteiger partial charge is 0.481 e. The number of aliphatic carboxylic acids is 1. The van der Waals surface area contributed by atoms with Gasteiger partial charge in [-0.15, -0.1) is 0 Å². The molecular formula is C49H61N3O5S. The maximum Gasteiger partial charge on any atom is 0.336 e. The molecule has 0 aromatic heterocycles. The Balaban J connectivity index is 1.13. The van der Waals surface area contributed by atoms with Crippen LogP contribution in [0.25, 0.3) is 5.57 Å². The molecule has 6 N–H and O–H groups in total.